The molecule has 0 radical (unpaired) electrons. The van der Waals surface area contributed by atoms with Crippen molar-refractivity contribution in [3.05, 3.63) is 18.3 Å². The normalized spacial score (nSPS) is 10.8. The number of nitrogens with zero attached hydrogens (tertiary/aromatic N) is 2. The van der Waals surface area contributed by atoms with Gasteiger partial charge >= 0.3 is 0 Å². The number of aromatic amines is 1. The van der Waals surface area contributed by atoms with Gasteiger partial charge in [0.25, 0.3) is 0 Å². The zero-order valence-corrected chi connectivity index (χ0v) is 7.63. The topological polar surface area (TPSA) is 42.8 Å². The van der Waals surface area contributed by atoms with Gasteiger partial charge in [0.15, 0.2) is 0 Å². The van der Waals surface area contributed by atoms with Crippen LogP contribution in [-0.2, 0) is 0 Å². The van der Waals surface area contributed by atoms with Gasteiger partial charge in [-0.1, -0.05) is 0 Å². The van der Waals surface area contributed by atoms with Crippen molar-refractivity contribution in [2.75, 3.05) is 11.9 Å². The van der Waals surface area contributed by atoms with Crippen LogP contribution in [0.1, 0.15) is 13.8 Å². The zero-order valence-electron chi connectivity index (χ0n) is 7.63. The molecule has 0 aromatic carbocycles. The van der Waals surface area contributed by atoms with Gasteiger partial charge in [0, 0.05) is 13.2 Å². The molecule has 0 aliphatic rings. The van der Waals surface area contributed by atoms with Gasteiger partial charge in [-0.2, -0.15) is 5.26 Å². The molecule has 0 saturated heterocycles. The van der Waals surface area contributed by atoms with Crippen molar-refractivity contribution in [1.82, 2.24) is 4.98 Å². The summed E-state index contributed by atoms with van der Waals surface area (Å²) in [4.78, 5) is 4.96. The van der Waals surface area contributed by atoms with Crippen LogP contribution in [0.3, 0.4) is 0 Å². The van der Waals surface area contributed by atoms with Crippen LogP contribution in [0, 0.1) is 11.3 Å². The highest BCUT2D eigenvalue weighted by molar-refractivity contribution is 5.43. The highest BCUT2D eigenvalue weighted by Gasteiger charge is 2.23. The molecule has 0 unspecified atom stereocenters. The summed E-state index contributed by atoms with van der Waals surface area (Å²) in [6.45, 7) is 3.77. The van der Waals surface area contributed by atoms with Gasteiger partial charge in [-0.25, -0.2) is 0 Å². The SMILES string of the molecule is CN(c1ccc[nH]1)C(C)(C)C#N. The first-order valence-corrected chi connectivity index (χ1v) is 3.86. The molecule has 3 heteroatoms. The Morgan fingerprint density at radius 3 is 2.67 bits per heavy atom. The van der Waals surface area contributed by atoms with Gasteiger partial charge in [0.05, 0.1) is 6.07 Å². The largest absolute Gasteiger partial charge is 0.348 e. The molecule has 64 valence electrons. The van der Waals surface area contributed by atoms with Crippen molar-refractivity contribution >= 4 is 5.82 Å². The van der Waals surface area contributed by atoms with Gasteiger partial charge in [0.2, 0.25) is 0 Å². The predicted molar refractivity (Wildman–Crippen MR) is 48.9 cm³/mol. The fourth-order valence-electron chi connectivity index (χ4n) is 0.906. The van der Waals surface area contributed by atoms with Gasteiger partial charge in [-0.05, 0) is 26.0 Å². The van der Waals surface area contributed by atoms with Crippen LogP contribution < -0.4 is 4.90 Å². The van der Waals surface area contributed by atoms with Crippen molar-refractivity contribution < 1.29 is 0 Å². The van der Waals surface area contributed by atoms with Gasteiger partial charge < -0.3 is 9.88 Å². The van der Waals surface area contributed by atoms with E-state index in [0.29, 0.717) is 0 Å². The summed E-state index contributed by atoms with van der Waals surface area (Å²) in [5.41, 5.74) is -0.467. The molecule has 1 rings (SSSR count). The van der Waals surface area contributed by atoms with Crippen LogP contribution in [0.15, 0.2) is 18.3 Å². The highest BCUT2D eigenvalue weighted by atomic mass is 15.2. The van der Waals surface area contributed by atoms with E-state index < -0.39 is 5.54 Å². The fraction of sp³-hybridized carbons (Fsp3) is 0.444. The minimum atomic E-state index is -0.467. The molecule has 0 aliphatic heterocycles. The lowest BCUT2D eigenvalue weighted by Gasteiger charge is -2.29. The van der Waals surface area contributed by atoms with Crippen molar-refractivity contribution in [2.45, 2.75) is 19.4 Å². The van der Waals surface area contributed by atoms with Crippen LogP contribution in [0.5, 0.6) is 0 Å². The Bertz CT molecular complexity index is 279. The lowest BCUT2D eigenvalue weighted by atomic mass is 10.1. The first-order chi connectivity index (χ1) is 5.58. The summed E-state index contributed by atoms with van der Waals surface area (Å²) in [5, 5.41) is 8.86. The Morgan fingerprint density at radius 1 is 1.58 bits per heavy atom. The number of nitriles is 1. The number of nitrogens with one attached hydrogen (secondary N) is 1. The quantitative estimate of drug-likeness (QED) is 0.721. The van der Waals surface area contributed by atoms with E-state index in [0.717, 1.165) is 5.82 Å². The van der Waals surface area contributed by atoms with E-state index >= 15 is 0 Å². The Morgan fingerprint density at radius 2 is 2.25 bits per heavy atom. The standard InChI is InChI=1S/C9H13N3/c1-9(2,7-10)12(3)8-5-4-6-11-8/h4-6,11H,1-3H3. The van der Waals surface area contributed by atoms with Crippen LogP contribution >= 0.6 is 0 Å². The minimum Gasteiger partial charge on any atom is -0.348 e. The summed E-state index contributed by atoms with van der Waals surface area (Å²) in [6.07, 6.45) is 1.85. The summed E-state index contributed by atoms with van der Waals surface area (Å²) < 4.78 is 0. The molecule has 0 aliphatic carbocycles. The van der Waals surface area contributed by atoms with Crippen LogP contribution in [0.4, 0.5) is 5.82 Å². The number of rotatable bonds is 2. The average molecular weight is 163 g/mol. The maximum atomic E-state index is 8.86. The second kappa shape index (κ2) is 2.90. The molecule has 0 saturated carbocycles. The third-order valence-electron chi connectivity index (χ3n) is 2.06. The number of H-pyrrole nitrogens is 1. The van der Waals surface area contributed by atoms with E-state index in [1.165, 1.54) is 0 Å². The van der Waals surface area contributed by atoms with Crippen molar-refractivity contribution in [2.24, 2.45) is 0 Å². The van der Waals surface area contributed by atoms with Crippen molar-refractivity contribution in [3.63, 3.8) is 0 Å². The molecule has 0 fully saturated rings. The first kappa shape index (κ1) is 8.66. The smallest absolute Gasteiger partial charge is 0.122 e. The van der Waals surface area contributed by atoms with Crippen molar-refractivity contribution in [3.8, 4) is 6.07 Å². The Hall–Kier alpha value is -1.43. The highest BCUT2D eigenvalue weighted by Crippen LogP contribution is 2.18. The second-order valence-electron chi connectivity index (χ2n) is 3.29. The zero-order chi connectivity index (χ0) is 9.19. The molecular formula is C9H13N3. The molecule has 1 heterocycles. The Kier molecular flexibility index (Phi) is 2.09. The van der Waals surface area contributed by atoms with Crippen LogP contribution in [0.25, 0.3) is 0 Å². The molecule has 0 bridgehead atoms. The molecule has 0 spiro atoms. The van der Waals surface area contributed by atoms with E-state index in [-0.39, 0.29) is 0 Å². The first-order valence-electron chi connectivity index (χ1n) is 3.86. The minimum absolute atomic E-state index is 0.467. The van der Waals surface area contributed by atoms with Gasteiger partial charge in [-0.3, -0.25) is 0 Å². The maximum Gasteiger partial charge on any atom is 0.122 e. The Balaban J connectivity index is 2.87. The van der Waals surface area contributed by atoms with E-state index in [2.05, 4.69) is 11.1 Å². The molecule has 1 aromatic rings. The van der Waals surface area contributed by atoms with Crippen molar-refractivity contribution in [1.29, 1.82) is 5.26 Å². The van der Waals surface area contributed by atoms with Gasteiger partial charge in [-0.15, -0.1) is 0 Å². The van der Waals surface area contributed by atoms with E-state index in [9.17, 15) is 0 Å². The van der Waals surface area contributed by atoms with Gasteiger partial charge in [0.1, 0.15) is 11.4 Å². The number of hydrogen-bond acceptors (Lipinski definition) is 2. The number of aromatic nitrogens is 1. The summed E-state index contributed by atoms with van der Waals surface area (Å²) in [5.74, 6) is 0.960. The summed E-state index contributed by atoms with van der Waals surface area (Å²) in [7, 11) is 1.90. The summed E-state index contributed by atoms with van der Waals surface area (Å²) in [6, 6.07) is 6.09. The average Bonchev–Trinajstić information content (AvgIpc) is 2.55. The van der Waals surface area contributed by atoms with E-state index in [1.807, 2.05) is 44.1 Å². The van der Waals surface area contributed by atoms with E-state index in [4.69, 9.17) is 5.26 Å². The molecule has 1 N–H and O–H groups in total. The molecule has 0 amide bonds. The number of hydrogen-bond donors (Lipinski definition) is 1. The fourth-order valence-corrected chi connectivity index (χ4v) is 0.906. The van der Waals surface area contributed by atoms with E-state index in [1.54, 1.807) is 0 Å². The molecule has 3 nitrogen and oxygen atoms in total. The third kappa shape index (κ3) is 1.42. The monoisotopic (exact) mass is 163 g/mol. The number of anilines is 1. The van der Waals surface area contributed by atoms with Crippen LogP contribution in [-0.4, -0.2) is 17.6 Å². The Labute approximate surface area is 72.6 Å². The molecule has 1 aromatic heterocycles. The predicted octanol–water partition coefficient (Wildman–Crippen LogP) is 1.75. The maximum absolute atomic E-state index is 8.86. The second-order valence-corrected chi connectivity index (χ2v) is 3.29. The lowest BCUT2D eigenvalue weighted by Crippen LogP contribution is -2.39. The molecular weight excluding hydrogens is 150 g/mol. The third-order valence-corrected chi connectivity index (χ3v) is 2.06. The molecule has 0 atom stereocenters. The summed E-state index contributed by atoms with van der Waals surface area (Å²) >= 11 is 0. The lowest BCUT2D eigenvalue weighted by molar-refractivity contribution is 0.612. The van der Waals surface area contributed by atoms with Crippen LogP contribution in [0.2, 0.25) is 0 Å². The molecule has 12 heavy (non-hydrogen) atoms.